The SMILES string of the molecule is Cn1c(=O)[nH]c(=O)c2c1nc(Br)n2CC(=O)c1cccc([N+](=O)[O-])c1. The molecule has 3 aromatic rings. The molecule has 1 aromatic carbocycles. The van der Waals surface area contributed by atoms with E-state index in [4.69, 9.17) is 0 Å². The molecule has 0 spiro atoms. The number of Topliss-reactive ketones (excluding diaryl/α,β-unsaturated/α-hetero) is 1. The second-order valence-corrected chi connectivity index (χ2v) is 5.90. The maximum atomic E-state index is 12.5. The maximum Gasteiger partial charge on any atom is 0.329 e. The van der Waals surface area contributed by atoms with E-state index in [1.807, 2.05) is 0 Å². The molecule has 25 heavy (non-hydrogen) atoms. The number of ketones is 1. The molecule has 0 saturated carbocycles. The molecule has 0 amide bonds. The van der Waals surface area contributed by atoms with E-state index in [9.17, 15) is 24.5 Å². The molecule has 0 saturated heterocycles. The Bertz CT molecular complexity index is 1140. The Morgan fingerprint density at radius 3 is 2.80 bits per heavy atom. The monoisotopic (exact) mass is 407 g/mol. The van der Waals surface area contributed by atoms with Gasteiger partial charge in [0.2, 0.25) is 0 Å². The van der Waals surface area contributed by atoms with Crippen LogP contribution >= 0.6 is 15.9 Å². The summed E-state index contributed by atoms with van der Waals surface area (Å²) in [6.45, 7) is -0.278. The number of nitro benzene ring substituents is 1. The summed E-state index contributed by atoms with van der Waals surface area (Å²) in [6, 6.07) is 5.29. The van der Waals surface area contributed by atoms with Crippen LogP contribution in [0.3, 0.4) is 0 Å². The van der Waals surface area contributed by atoms with Gasteiger partial charge in [0.1, 0.15) is 0 Å². The zero-order chi connectivity index (χ0) is 18.3. The van der Waals surface area contributed by atoms with Crippen molar-refractivity contribution in [2.24, 2.45) is 7.05 Å². The highest BCUT2D eigenvalue weighted by Crippen LogP contribution is 2.18. The number of rotatable bonds is 4. The van der Waals surface area contributed by atoms with Gasteiger partial charge in [-0.1, -0.05) is 12.1 Å². The molecule has 11 heteroatoms. The van der Waals surface area contributed by atoms with Gasteiger partial charge in [-0.05, 0) is 15.9 Å². The quantitative estimate of drug-likeness (QED) is 0.296. The van der Waals surface area contributed by atoms with Crippen LogP contribution in [0.15, 0.2) is 38.6 Å². The van der Waals surface area contributed by atoms with Crippen LogP contribution in [-0.4, -0.2) is 29.8 Å². The summed E-state index contributed by atoms with van der Waals surface area (Å²) in [7, 11) is 1.44. The topological polar surface area (TPSA) is 133 Å². The molecule has 0 radical (unpaired) electrons. The van der Waals surface area contributed by atoms with E-state index in [1.54, 1.807) is 0 Å². The number of aromatic amines is 1. The number of nitrogens with zero attached hydrogens (tertiary/aromatic N) is 4. The van der Waals surface area contributed by atoms with Crippen molar-refractivity contribution in [3.63, 3.8) is 0 Å². The minimum absolute atomic E-state index is 0.0488. The van der Waals surface area contributed by atoms with Gasteiger partial charge >= 0.3 is 5.69 Å². The summed E-state index contributed by atoms with van der Waals surface area (Å²) < 4.78 is 2.64. The number of carbonyl (C=O) groups excluding carboxylic acids is 1. The summed E-state index contributed by atoms with van der Waals surface area (Å²) in [5.41, 5.74) is -1.21. The predicted molar refractivity (Wildman–Crippen MR) is 90.7 cm³/mol. The number of hydrogen-bond acceptors (Lipinski definition) is 6. The van der Waals surface area contributed by atoms with Crippen molar-refractivity contribution >= 4 is 38.6 Å². The molecule has 0 aliphatic heterocycles. The second-order valence-electron chi connectivity index (χ2n) is 5.19. The van der Waals surface area contributed by atoms with Crippen LogP contribution in [-0.2, 0) is 13.6 Å². The van der Waals surface area contributed by atoms with E-state index >= 15 is 0 Å². The molecule has 2 heterocycles. The Hall–Kier alpha value is -3.08. The predicted octanol–water partition coefficient (Wildman–Crippen LogP) is 0.977. The number of H-pyrrole nitrogens is 1. The Balaban J connectivity index is 2.08. The van der Waals surface area contributed by atoms with Crippen LogP contribution in [0.2, 0.25) is 0 Å². The van der Waals surface area contributed by atoms with Crippen molar-refractivity contribution in [2.75, 3.05) is 0 Å². The number of halogens is 1. The fourth-order valence-corrected chi connectivity index (χ4v) is 2.85. The van der Waals surface area contributed by atoms with E-state index in [0.717, 1.165) is 10.6 Å². The lowest BCUT2D eigenvalue weighted by Gasteiger charge is -2.05. The fourth-order valence-electron chi connectivity index (χ4n) is 2.38. The molecule has 0 aliphatic carbocycles. The summed E-state index contributed by atoms with van der Waals surface area (Å²) in [6.07, 6.45) is 0. The molecule has 1 N–H and O–H groups in total. The van der Waals surface area contributed by atoms with Gasteiger partial charge in [-0.3, -0.25) is 29.3 Å². The number of hydrogen-bond donors (Lipinski definition) is 1. The van der Waals surface area contributed by atoms with E-state index in [0.29, 0.717) is 0 Å². The number of benzene rings is 1. The van der Waals surface area contributed by atoms with Gasteiger partial charge in [-0.15, -0.1) is 0 Å². The first kappa shape index (κ1) is 16.8. The Morgan fingerprint density at radius 1 is 1.40 bits per heavy atom. The molecule has 0 unspecified atom stereocenters. The van der Waals surface area contributed by atoms with Gasteiger partial charge in [0.05, 0.1) is 11.5 Å². The first-order chi connectivity index (χ1) is 11.8. The van der Waals surface area contributed by atoms with Gasteiger partial charge in [-0.25, -0.2) is 9.78 Å². The smallest absolute Gasteiger partial charge is 0.305 e. The van der Waals surface area contributed by atoms with Crippen molar-refractivity contribution in [2.45, 2.75) is 6.54 Å². The lowest BCUT2D eigenvalue weighted by molar-refractivity contribution is -0.384. The van der Waals surface area contributed by atoms with Crippen LogP contribution in [0.5, 0.6) is 0 Å². The molecule has 10 nitrogen and oxygen atoms in total. The van der Waals surface area contributed by atoms with Crippen molar-refractivity contribution < 1.29 is 9.72 Å². The summed E-state index contributed by atoms with van der Waals surface area (Å²) in [5.74, 6) is -0.447. The fraction of sp³-hybridized carbons (Fsp3) is 0.143. The van der Waals surface area contributed by atoms with Gasteiger partial charge in [-0.2, -0.15) is 0 Å². The van der Waals surface area contributed by atoms with Crippen molar-refractivity contribution in [1.29, 1.82) is 0 Å². The minimum atomic E-state index is -0.678. The van der Waals surface area contributed by atoms with Gasteiger partial charge in [0.25, 0.3) is 11.2 Å². The first-order valence-corrected chi connectivity index (χ1v) is 7.71. The van der Waals surface area contributed by atoms with Crippen LogP contribution < -0.4 is 11.2 Å². The third kappa shape index (κ3) is 2.89. The third-order valence-corrected chi connectivity index (χ3v) is 4.25. The number of nitro groups is 1. The van der Waals surface area contributed by atoms with Crippen LogP contribution in [0, 0.1) is 10.1 Å². The Labute approximate surface area is 147 Å². The number of carbonyl (C=O) groups is 1. The Morgan fingerprint density at radius 2 is 2.12 bits per heavy atom. The highest BCUT2D eigenvalue weighted by atomic mass is 79.9. The molecule has 0 fully saturated rings. The van der Waals surface area contributed by atoms with Gasteiger partial charge in [0.15, 0.2) is 21.7 Å². The van der Waals surface area contributed by atoms with Crippen LogP contribution in [0.1, 0.15) is 10.4 Å². The standard InChI is InChI=1S/C14H10BrN5O5/c1-18-11-10(12(22)17-14(18)23)19(13(15)16-11)6-9(21)7-3-2-4-8(5-7)20(24)25/h2-5H,6H2,1H3,(H,17,22,23). The third-order valence-electron chi connectivity index (χ3n) is 3.64. The lowest BCUT2D eigenvalue weighted by Crippen LogP contribution is -2.29. The number of nitrogens with one attached hydrogen (secondary N) is 1. The average Bonchev–Trinajstić information content (AvgIpc) is 2.90. The normalized spacial score (nSPS) is 11.0. The van der Waals surface area contributed by atoms with Gasteiger partial charge in [0, 0.05) is 24.7 Å². The number of non-ortho nitro benzene ring substituents is 1. The highest BCUT2D eigenvalue weighted by molar-refractivity contribution is 9.10. The molecule has 0 atom stereocenters. The van der Waals surface area contributed by atoms with E-state index in [1.165, 1.54) is 29.8 Å². The molecule has 128 valence electrons. The van der Waals surface area contributed by atoms with E-state index in [2.05, 4.69) is 25.9 Å². The molecule has 0 bridgehead atoms. The summed E-state index contributed by atoms with van der Waals surface area (Å²) in [4.78, 5) is 52.7. The van der Waals surface area contributed by atoms with Crippen LogP contribution in [0.25, 0.3) is 11.2 Å². The van der Waals surface area contributed by atoms with E-state index < -0.39 is 22.0 Å². The largest absolute Gasteiger partial charge is 0.329 e. The summed E-state index contributed by atoms with van der Waals surface area (Å²) >= 11 is 3.16. The number of aryl methyl sites for hydroxylation is 1. The zero-order valence-corrected chi connectivity index (χ0v) is 14.3. The lowest BCUT2D eigenvalue weighted by atomic mass is 10.1. The highest BCUT2D eigenvalue weighted by Gasteiger charge is 2.19. The minimum Gasteiger partial charge on any atom is -0.305 e. The van der Waals surface area contributed by atoms with Crippen molar-refractivity contribution in [3.05, 3.63) is 65.5 Å². The van der Waals surface area contributed by atoms with Crippen LogP contribution in [0.4, 0.5) is 5.69 Å². The molecule has 3 rings (SSSR count). The number of aromatic nitrogens is 4. The number of imidazole rings is 1. The number of fused-ring (bicyclic) bond motifs is 1. The molecule has 0 aliphatic rings. The van der Waals surface area contributed by atoms with Crippen molar-refractivity contribution in [3.8, 4) is 0 Å². The molecule has 2 aromatic heterocycles. The molecular weight excluding hydrogens is 398 g/mol. The maximum absolute atomic E-state index is 12.5. The Kier molecular flexibility index (Phi) is 4.08. The average molecular weight is 408 g/mol. The van der Waals surface area contributed by atoms with Crippen molar-refractivity contribution in [1.82, 2.24) is 19.1 Å². The van der Waals surface area contributed by atoms with Gasteiger partial charge < -0.3 is 4.57 Å². The summed E-state index contributed by atoms with van der Waals surface area (Å²) in [5, 5.41) is 10.8. The molecular formula is C14H10BrN5O5. The first-order valence-electron chi connectivity index (χ1n) is 6.92. The zero-order valence-electron chi connectivity index (χ0n) is 12.7. The second kappa shape index (κ2) is 6.09. The van der Waals surface area contributed by atoms with E-state index in [-0.39, 0.29) is 33.7 Å².